The molecule has 210 valence electrons. The molecule has 2 saturated heterocycles. The van der Waals surface area contributed by atoms with Gasteiger partial charge < -0.3 is 19.6 Å². The summed E-state index contributed by atoms with van der Waals surface area (Å²) in [5, 5.41) is 9.61. The minimum Gasteiger partial charge on any atom is -0.396 e. The Morgan fingerprint density at radius 1 is 0.821 bits per heavy atom. The van der Waals surface area contributed by atoms with Gasteiger partial charge in [-0.05, 0) is 37.8 Å². The molecule has 2 amide bonds. The number of hydrogen-bond donors (Lipinski definition) is 1. The zero-order chi connectivity index (χ0) is 28.5. The standard InChI is InChI=1S/C17H23NO2.C16H21NO2/c1-4-10-17(13-20-3)11-16(19)18(12-17)14(2)15-8-6-5-7-9-15;1-3-9-16(12-18)10-15(19)17(11-16)13(2)14-7-5-4-6-8-14/h4-9,14H,1,10-13H2,2-3H3;3-8,13,18H,1,9-12H2,2H3/t14-,17-;13-,16-/m11/s1. The molecule has 4 atom stereocenters. The van der Waals surface area contributed by atoms with Crippen LogP contribution in [0.2, 0.25) is 0 Å². The van der Waals surface area contributed by atoms with Gasteiger partial charge in [-0.1, -0.05) is 72.8 Å². The summed E-state index contributed by atoms with van der Waals surface area (Å²) in [6, 6.07) is 20.3. The van der Waals surface area contributed by atoms with Gasteiger partial charge in [0.2, 0.25) is 11.8 Å². The number of ether oxygens (including phenoxy) is 1. The Kier molecular flexibility index (Phi) is 10.7. The highest BCUT2D eigenvalue weighted by Gasteiger charge is 2.45. The van der Waals surface area contributed by atoms with E-state index in [2.05, 4.69) is 32.2 Å². The van der Waals surface area contributed by atoms with E-state index >= 15 is 0 Å². The highest BCUT2D eigenvalue weighted by Crippen LogP contribution is 2.40. The number of hydrogen-bond acceptors (Lipinski definition) is 4. The number of carbonyl (C=O) groups is 2. The molecule has 0 saturated carbocycles. The second-order valence-corrected chi connectivity index (χ2v) is 11.1. The van der Waals surface area contributed by atoms with E-state index in [0.29, 0.717) is 32.4 Å². The molecule has 2 aliphatic heterocycles. The molecule has 0 bridgehead atoms. The van der Waals surface area contributed by atoms with E-state index in [9.17, 15) is 14.7 Å². The van der Waals surface area contributed by atoms with Crippen molar-refractivity contribution in [3.05, 3.63) is 97.1 Å². The lowest BCUT2D eigenvalue weighted by atomic mass is 9.84. The summed E-state index contributed by atoms with van der Waals surface area (Å²) >= 11 is 0. The largest absolute Gasteiger partial charge is 0.396 e. The van der Waals surface area contributed by atoms with Gasteiger partial charge in [-0.2, -0.15) is 0 Å². The summed E-state index contributed by atoms with van der Waals surface area (Å²) in [6.07, 6.45) is 6.12. The van der Waals surface area contributed by atoms with Crippen molar-refractivity contribution in [1.29, 1.82) is 0 Å². The lowest BCUT2D eigenvalue weighted by Gasteiger charge is -2.30. The molecule has 1 N–H and O–H groups in total. The molecule has 0 aliphatic carbocycles. The molecule has 0 aromatic heterocycles. The van der Waals surface area contributed by atoms with Crippen molar-refractivity contribution < 1.29 is 19.4 Å². The second kappa shape index (κ2) is 13.7. The van der Waals surface area contributed by atoms with Crippen molar-refractivity contribution in [2.45, 2.75) is 51.6 Å². The Morgan fingerprint density at radius 2 is 1.23 bits per heavy atom. The van der Waals surface area contributed by atoms with Crippen molar-refractivity contribution in [2.24, 2.45) is 10.8 Å². The van der Waals surface area contributed by atoms with Crippen LogP contribution in [0.15, 0.2) is 86.0 Å². The minimum absolute atomic E-state index is 0.0305. The Hall–Kier alpha value is -3.22. The molecule has 0 spiro atoms. The number of rotatable bonds is 11. The average molecular weight is 533 g/mol. The number of nitrogens with zero attached hydrogens (tertiary/aromatic N) is 2. The summed E-state index contributed by atoms with van der Waals surface area (Å²) in [5.41, 5.74) is 1.84. The van der Waals surface area contributed by atoms with Gasteiger partial charge in [0.1, 0.15) is 0 Å². The molecule has 6 nitrogen and oxygen atoms in total. The maximum atomic E-state index is 12.4. The van der Waals surface area contributed by atoms with Crippen LogP contribution >= 0.6 is 0 Å². The van der Waals surface area contributed by atoms with E-state index < -0.39 is 0 Å². The van der Waals surface area contributed by atoms with E-state index in [1.807, 2.05) is 71.3 Å². The maximum absolute atomic E-state index is 12.4. The number of methoxy groups -OCH3 is 1. The Labute approximate surface area is 234 Å². The summed E-state index contributed by atoms with van der Waals surface area (Å²) < 4.78 is 5.34. The monoisotopic (exact) mass is 532 g/mol. The molecule has 6 heteroatoms. The minimum atomic E-state index is -0.345. The van der Waals surface area contributed by atoms with Gasteiger partial charge in [-0.15, -0.1) is 13.2 Å². The van der Waals surface area contributed by atoms with E-state index in [4.69, 9.17) is 4.74 Å². The van der Waals surface area contributed by atoms with Crippen LogP contribution in [-0.2, 0) is 14.3 Å². The van der Waals surface area contributed by atoms with E-state index in [-0.39, 0.29) is 41.3 Å². The van der Waals surface area contributed by atoms with E-state index in [0.717, 1.165) is 18.5 Å². The maximum Gasteiger partial charge on any atom is 0.223 e. The topological polar surface area (TPSA) is 70.1 Å². The van der Waals surface area contributed by atoms with Gasteiger partial charge in [0, 0.05) is 43.9 Å². The first-order valence-corrected chi connectivity index (χ1v) is 13.7. The number of carbonyl (C=O) groups excluding carboxylic acids is 2. The number of likely N-dealkylation sites (tertiary alicyclic amines) is 2. The van der Waals surface area contributed by atoms with Gasteiger partial charge in [0.25, 0.3) is 0 Å². The van der Waals surface area contributed by atoms with Gasteiger partial charge >= 0.3 is 0 Å². The first kappa shape index (κ1) is 30.3. The predicted molar refractivity (Wildman–Crippen MR) is 156 cm³/mol. The van der Waals surface area contributed by atoms with Crippen LogP contribution in [0.4, 0.5) is 0 Å². The van der Waals surface area contributed by atoms with Gasteiger partial charge in [0.05, 0.1) is 25.3 Å². The lowest BCUT2D eigenvalue weighted by molar-refractivity contribution is -0.130. The fraction of sp³-hybridized carbons (Fsp3) is 0.455. The van der Waals surface area contributed by atoms with Crippen LogP contribution in [0.5, 0.6) is 0 Å². The zero-order valence-corrected chi connectivity index (χ0v) is 23.7. The van der Waals surface area contributed by atoms with Crippen LogP contribution in [0.25, 0.3) is 0 Å². The highest BCUT2D eigenvalue weighted by atomic mass is 16.5. The third-order valence-corrected chi connectivity index (χ3v) is 8.14. The first-order chi connectivity index (χ1) is 18.7. The summed E-state index contributed by atoms with van der Waals surface area (Å²) in [7, 11) is 1.69. The molecule has 0 radical (unpaired) electrons. The van der Waals surface area contributed by atoms with E-state index in [1.54, 1.807) is 13.2 Å². The molecular formula is C33H44N2O4. The van der Waals surface area contributed by atoms with Crippen LogP contribution in [-0.4, -0.2) is 60.1 Å². The molecule has 4 rings (SSSR count). The second-order valence-electron chi connectivity index (χ2n) is 11.1. The number of amides is 2. The van der Waals surface area contributed by atoms with E-state index in [1.165, 1.54) is 5.56 Å². The summed E-state index contributed by atoms with van der Waals surface area (Å²) in [6.45, 7) is 13.6. The molecule has 2 aromatic carbocycles. The number of aliphatic hydroxyl groups is 1. The molecule has 2 aromatic rings. The van der Waals surface area contributed by atoms with Crippen molar-refractivity contribution >= 4 is 11.8 Å². The van der Waals surface area contributed by atoms with Crippen molar-refractivity contribution in [3.63, 3.8) is 0 Å². The summed E-state index contributed by atoms with van der Waals surface area (Å²) in [4.78, 5) is 28.4. The average Bonchev–Trinajstić information content (AvgIpc) is 3.46. The highest BCUT2D eigenvalue weighted by molar-refractivity contribution is 5.80. The molecular weight excluding hydrogens is 488 g/mol. The Balaban J connectivity index is 0.000000216. The van der Waals surface area contributed by atoms with Crippen molar-refractivity contribution in [1.82, 2.24) is 9.80 Å². The molecule has 2 heterocycles. The van der Waals surface area contributed by atoms with Crippen molar-refractivity contribution in [3.8, 4) is 0 Å². The smallest absolute Gasteiger partial charge is 0.223 e. The third kappa shape index (κ3) is 7.25. The van der Waals surface area contributed by atoms with Crippen LogP contribution in [0.3, 0.4) is 0 Å². The van der Waals surface area contributed by atoms with Gasteiger partial charge in [-0.3, -0.25) is 9.59 Å². The molecule has 2 fully saturated rings. The SMILES string of the molecule is C=CC[C@@]1(CO)CC(=O)N([C@H](C)c2ccccc2)C1.C=CC[C@@]1(COC)CC(=O)N([C@H](C)c2ccccc2)C1. The lowest BCUT2D eigenvalue weighted by Crippen LogP contribution is -2.33. The van der Waals surface area contributed by atoms with Crippen LogP contribution in [0, 0.1) is 10.8 Å². The Morgan fingerprint density at radius 3 is 1.64 bits per heavy atom. The fourth-order valence-electron chi connectivity index (χ4n) is 5.90. The fourth-order valence-corrected chi connectivity index (χ4v) is 5.90. The van der Waals surface area contributed by atoms with Gasteiger partial charge in [0.15, 0.2) is 0 Å². The van der Waals surface area contributed by atoms with Crippen molar-refractivity contribution in [2.75, 3.05) is 33.4 Å². The first-order valence-electron chi connectivity index (χ1n) is 13.7. The molecule has 2 aliphatic rings. The number of benzene rings is 2. The molecule has 39 heavy (non-hydrogen) atoms. The third-order valence-electron chi connectivity index (χ3n) is 8.14. The van der Waals surface area contributed by atoms with Crippen LogP contribution in [0.1, 0.15) is 62.7 Å². The van der Waals surface area contributed by atoms with Gasteiger partial charge in [-0.25, -0.2) is 0 Å². The normalized spacial score (nSPS) is 24.2. The summed E-state index contributed by atoms with van der Waals surface area (Å²) in [5.74, 6) is 0.326. The van der Waals surface area contributed by atoms with Crippen LogP contribution < -0.4 is 0 Å². The number of aliphatic hydroxyl groups excluding tert-OH is 1. The zero-order valence-electron chi connectivity index (χ0n) is 23.7. The predicted octanol–water partition coefficient (Wildman–Crippen LogP) is 5.72. The quantitative estimate of drug-likeness (QED) is 0.376. The Bertz CT molecular complexity index is 1110. The number of allylic oxidation sites excluding steroid dienone is 2. The molecule has 0 unspecified atom stereocenters.